The Kier molecular flexibility index (Phi) is 27.5. The van der Waals surface area contributed by atoms with Gasteiger partial charge in [0.1, 0.15) is 0 Å². The summed E-state index contributed by atoms with van der Waals surface area (Å²) >= 11 is 0. The van der Waals surface area contributed by atoms with Crippen LogP contribution in [0.4, 0.5) is 51.8 Å². The van der Waals surface area contributed by atoms with E-state index in [0.717, 1.165) is 0 Å². The molecule has 0 spiro atoms. The maximum Gasteiger partial charge on any atom is 3.00 e. The van der Waals surface area contributed by atoms with Crippen LogP contribution in [0.5, 0.6) is 0 Å². The van der Waals surface area contributed by atoms with Crippen LogP contribution in [0.2, 0.25) is 0 Å². The van der Waals surface area contributed by atoms with E-state index >= 15 is 0 Å². The molecule has 0 saturated carbocycles. The smallest absolute Gasteiger partial charge is 0.418 e. The summed E-state index contributed by atoms with van der Waals surface area (Å²) in [6.45, 7) is 0. The van der Waals surface area contributed by atoms with Crippen LogP contribution in [0, 0.1) is 0 Å². The molecule has 1 aliphatic rings. The van der Waals surface area contributed by atoms with E-state index in [1.165, 1.54) is 57.5 Å². The van der Waals surface area contributed by atoms with Gasteiger partial charge in [-0.05, 0) is 73.4 Å². The summed E-state index contributed by atoms with van der Waals surface area (Å²) in [7, 11) is -18.9. The molecule has 0 bridgehead atoms. The SMILES string of the molecule is C1=CCCC=CCC1.F[B-](F)(F)F.F[B-](F)(F)F.F[B-](F)(F)F.[Rh+3].c1ccc(P(c2ccccc2)c2ccccc2)cc1.c1ccc(P(c2ccccc2)c2ccccc2)cc1. The van der Waals surface area contributed by atoms with Crippen molar-refractivity contribution in [2.75, 3.05) is 0 Å². The summed E-state index contributed by atoms with van der Waals surface area (Å²) in [6.07, 6.45) is 14.0. The van der Waals surface area contributed by atoms with E-state index in [4.69, 9.17) is 0 Å². The summed E-state index contributed by atoms with van der Waals surface area (Å²) in [5, 5.41) is 8.39. The van der Waals surface area contributed by atoms with Crippen molar-refractivity contribution in [3.05, 3.63) is 206 Å². The summed E-state index contributed by atoms with van der Waals surface area (Å²) in [4.78, 5) is 0. The van der Waals surface area contributed by atoms with Gasteiger partial charge in [0.05, 0.1) is 0 Å². The second-order valence-electron chi connectivity index (χ2n) is 12.3. The Bertz CT molecular complexity index is 1670. The average molecular weight is 996 g/mol. The molecule has 1 aliphatic carbocycles. The molecule has 0 nitrogen and oxygen atoms in total. The van der Waals surface area contributed by atoms with Crippen LogP contribution in [0.15, 0.2) is 206 Å². The molecule has 0 unspecified atom stereocenters. The third kappa shape index (κ3) is 29.0. The van der Waals surface area contributed by atoms with Gasteiger partial charge in [-0.25, -0.2) is 0 Å². The first-order valence-corrected chi connectivity index (χ1v) is 21.4. The van der Waals surface area contributed by atoms with Crippen LogP contribution in [-0.2, 0) is 19.5 Å². The standard InChI is InChI=1S/2C18H15P.C8H12.3BF4.Rh/c2*1-4-10-16(11-5-1)19(17-12-6-2-7-13-17)18-14-8-3-9-15-18;1-2-4-6-8-7-5-3-1;3*2-1(3,4)5;/h2*1-15H;1-2,7-8H,3-6H2;;;;/q;;;3*-1;+3. The van der Waals surface area contributed by atoms with Crippen LogP contribution < -0.4 is 31.8 Å². The molecule has 62 heavy (non-hydrogen) atoms. The largest absolute Gasteiger partial charge is 3.00 e. The number of allylic oxidation sites excluding steroid dienone is 4. The molecule has 0 atom stereocenters. The Morgan fingerprint density at radius 1 is 0.242 bits per heavy atom. The van der Waals surface area contributed by atoms with Gasteiger partial charge in [-0.3, -0.25) is 0 Å². The van der Waals surface area contributed by atoms with Crippen LogP contribution in [0.25, 0.3) is 0 Å². The average Bonchev–Trinajstić information content (AvgIpc) is 3.19. The summed E-state index contributed by atoms with van der Waals surface area (Å²) in [6, 6.07) is 64.7. The molecule has 6 aromatic carbocycles. The molecule has 7 rings (SSSR count). The Morgan fingerprint density at radius 2 is 0.355 bits per heavy atom. The molecule has 0 saturated heterocycles. The number of hydrogen-bond acceptors (Lipinski definition) is 0. The molecular weight excluding hydrogens is 954 g/mol. The quantitative estimate of drug-likeness (QED) is 0.0675. The Morgan fingerprint density at radius 3 is 0.468 bits per heavy atom. The van der Waals surface area contributed by atoms with E-state index in [9.17, 15) is 51.8 Å². The second-order valence-corrected chi connectivity index (χ2v) is 16.7. The van der Waals surface area contributed by atoms with E-state index in [2.05, 4.69) is 206 Å². The minimum atomic E-state index is -6.00. The van der Waals surface area contributed by atoms with Gasteiger partial charge in [-0.1, -0.05) is 206 Å². The fourth-order valence-electron chi connectivity index (χ4n) is 5.21. The molecule has 0 aromatic heterocycles. The number of rotatable bonds is 6. The van der Waals surface area contributed by atoms with E-state index in [0.29, 0.717) is 0 Å². The zero-order valence-electron chi connectivity index (χ0n) is 33.0. The Labute approximate surface area is 371 Å². The third-order valence-electron chi connectivity index (χ3n) is 7.42. The first-order chi connectivity index (χ1) is 28.9. The number of halogens is 12. The van der Waals surface area contributed by atoms with E-state index in [-0.39, 0.29) is 19.5 Å². The minimum absolute atomic E-state index is 0. The van der Waals surface area contributed by atoms with Crippen molar-refractivity contribution in [2.24, 2.45) is 0 Å². The zero-order valence-corrected chi connectivity index (χ0v) is 36.4. The van der Waals surface area contributed by atoms with Crippen molar-refractivity contribution >= 4 is 69.4 Å². The number of hydrogen-bond donors (Lipinski definition) is 0. The van der Waals surface area contributed by atoms with Crippen LogP contribution in [-0.4, -0.2) is 21.8 Å². The topological polar surface area (TPSA) is 0 Å². The molecule has 6 aromatic rings. The fraction of sp³-hybridized carbons (Fsp3) is 0.0909. The molecule has 0 amide bonds. The van der Waals surface area contributed by atoms with Gasteiger partial charge in [-0.2, -0.15) is 0 Å². The van der Waals surface area contributed by atoms with E-state index < -0.39 is 37.6 Å². The van der Waals surface area contributed by atoms with Crippen molar-refractivity contribution < 1.29 is 71.3 Å². The number of benzene rings is 6. The predicted molar refractivity (Wildman–Crippen MR) is 238 cm³/mol. The van der Waals surface area contributed by atoms with Gasteiger partial charge in [0, 0.05) is 0 Å². The molecule has 0 heterocycles. The molecule has 0 aliphatic heterocycles. The van der Waals surface area contributed by atoms with Crippen LogP contribution in [0.3, 0.4) is 0 Å². The predicted octanol–water partition coefficient (Wildman–Crippen LogP) is 13.5. The van der Waals surface area contributed by atoms with Crippen LogP contribution >= 0.6 is 15.8 Å². The van der Waals surface area contributed by atoms with Gasteiger partial charge in [-0.15, -0.1) is 0 Å². The normalized spacial score (nSPS) is 12.0. The molecule has 330 valence electrons. The Balaban J connectivity index is 0.000000414. The molecule has 0 N–H and O–H groups in total. The maximum atomic E-state index is 9.75. The van der Waals surface area contributed by atoms with Gasteiger partial charge < -0.3 is 51.8 Å². The van der Waals surface area contributed by atoms with Gasteiger partial charge >= 0.3 is 41.2 Å². The van der Waals surface area contributed by atoms with Crippen molar-refractivity contribution in [3.8, 4) is 0 Å². The summed E-state index contributed by atoms with van der Waals surface area (Å²) in [5.41, 5.74) is 0. The van der Waals surface area contributed by atoms with Gasteiger partial charge in [0.15, 0.2) is 0 Å². The van der Waals surface area contributed by atoms with Crippen molar-refractivity contribution in [1.29, 1.82) is 0 Å². The monoisotopic (exact) mass is 996 g/mol. The van der Waals surface area contributed by atoms with Crippen molar-refractivity contribution in [1.82, 2.24) is 0 Å². The minimum Gasteiger partial charge on any atom is -0.418 e. The zero-order chi connectivity index (χ0) is 45.0. The van der Waals surface area contributed by atoms with Crippen molar-refractivity contribution in [2.45, 2.75) is 25.7 Å². The third-order valence-corrected chi connectivity index (χ3v) is 12.3. The first-order valence-electron chi connectivity index (χ1n) is 18.7. The molecule has 0 radical (unpaired) electrons. The Hall–Kier alpha value is -4.36. The fourth-order valence-corrected chi connectivity index (χ4v) is 9.82. The molecular formula is C44H42B3F12P2Rh. The summed E-state index contributed by atoms with van der Waals surface area (Å²) < 4.78 is 117. The summed E-state index contributed by atoms with van der Waals surface area (Å²) in [5.74, 6) is 0. The van der Waals surface area contributed by atoms with Gasteiger partial charge in [0.2, 0.25) is 0 Å². The second kappa shape index (κ2) is 30.6. The van der Waals surface area contributed by atoms with Gasteiger partial charge in [0.25, 0.3) is 0 Å². The molecule has 0 fully saturated rings. The van der Waals surface area contributed by atoms with Crippen LogP contribution in [0.1, 0.15) is 25.7 Å². The first kappa shape index (κ1) is 55.7. The molecule has 18 heteroatoms. The van der Waals surface area contributed by atoms with E-state index in [1.54, 1.807) is 0 Å². The maximum absolute atomic E-state index is 9.75. The van der Waals surface area contributed by atoms with E-state index in [1.807, 2.05) is 0 Å². The van der Waals surface area contributed by atoms with Crippen molar-refractivity contribution in [3.63, 3.8) is 0 Å².